The van der Waals surface area contributed by atoms with Gasteiger partial charge in [-0.05, 0) is 54.9 Å². The highest BCUT2D eigenvalue weighted by Crippen LogP contribution is 2.31. The van der Waals surface area contributed by atoms with Gasteiger partial charge in [-0.25, -0.2) is 4.98 Å². The van der Waals surface area contributed by atoms with Crippen LogP contribution >= 0.6 is 34.7 Å². The average molecular weight is 598 g/mol. The molecule has 3 aromatic heterocycles. The second-order valence-corrected chi connectivity index (χ2v) is 12.1. The predicted molar refractivity (Wildman–Crippen MR) is 161 cm³/mol. The van der Waals surface area contributed by atoms with Gasteiger partial charge in [0.25, 0.3) is 5.91 Å². The van der Waals surface area contributed by atoms with Crippen LogP contribution in [0.1, 0.15) is 22.3 Å². The molecule has 208 valence electrons. The summed E-state index contributed by atoms with van der Waals surface area (Å²) in [6.45, 7) is 0.935. The van der Waals surface area contributed by atoms with E-state index in [0.717, 1.165) is 20.1 Å². The van der Waals surface area contributed by atoms with Crippen molar-refractivity contribution in [2.24, 2.45) is 7.05 Å². The number of nitrogens with two attached hydrogens (primary N) is 1. The summed E-state index contributed by atoms with van der Waals surface area (Å²) in [6, 6.07) is 14.4. The Morgan fingerprint density at radius 2 is 2.08 bits per heavy atom. The van der Waals surface area contributed by atoms with Gasteiger partial charge in [-0.2, -0.15) is 0 Å². The molecular weight excluding hydrogens is 570 g/mol. The summed E-state index contributed by atoms with van der Waals surface area (Å²) in [5, 5.41) is 14.7. The van der Waals surface area contributed by atoms with E-state index in [1.54, 1.807) is 46.1 Å². The molecule has 40 heavy (non-hydrogen) atoms. The number of halogens is 1. The van der Waals surface area contributed by atoms with Gasteiger partial charge in [0.15, 0.2) is 4.34 Å². The summed E-state index contributed by atoms with van der Waals surface area (Å²) >= 11 is 9.09. The van der Waals surface area contributed by atoms with Gasteiger partial charge in [-0.3, -0.25) is 14.9 Å². The summed E-state index contributed by atoms with van der Waals surface area (Å²) < 4.78 is 8.91. The van der Waals surface area contributed by atoms with E-state index in [9.17, 15) is 14.7 Å². The second-order valence-electron chi connectivity index (χ2n) is 9.37. The Morgan fingerprint density at radius 1 is 1.27 bits per heavy atom. The fourth-order valence-corrected chi connectivity index (χ4v) is 6.50. The maximum atomic E-state index is 13.6. The number of thioether (sulfide) groups is 1. The van der Waals surface area contributed by atoms with Crippen molar-refractivity contribution in [2.45, 2.75) is 23.4 Å². The Hall–Kier alpha value is -3.35. The molecular formula is C28H28ClN5O4S2. The molecule has 0 spiro atoms. The number of aryl methyl sites for hydroxylation is 1. The topological polar surface area (TPSA) is 127 Å². The highest BCUT2D eigenvalue weighted by molar-refractivity contribution is 8.01. The third-order valence-corrected chi connectivity index (χ3v) is 8.89. The van der Waals surface area contributed by atoms with Crippen molar-refractivity contribution in [3.8, 4) is 0 Å². The Kier molecular flexibility index (Phi) is 8.77. The molecule has 0 aliphatic rings. The van der Waals surface area contributed by atoms with Crippen molar-refractivity contribution in [1.82, 2.24) is 19.8 Å². The van der Waals surface area contributed by atoms with E-state index >= 15 is 0 Å². The zero-order chi connectivity index (χ0) is 28.2. The fraction of sp³-hybridized carbons (Fsp3) is 0.250. The number of pyridine rings is 1. The molecule has 0 fully saturated rings. The molecule has 12 heteroatoms. The summed E-state index contributed by atoms with van der Waals surface area (Å²) in [4.78, 5) is 32.8. The predicted octanol–water partition coefficient (Wildman–Crippen LogP) is 4.71. The number of aromatic nitrogens is 2. The Labute approximate surface area is 243 Å². The van der Waals surface area contributed by atoms with Gasteiger partial charge in [-0.1, -0.05) is 35.5 Å². The molecule has 3 heterocycles. The van der Waals surface area contributed by atoms with Crippen LogP contribution < -0.4 is 16.5 Å². The van der Waals surface area contributed by atoms with Gasteiger partial charge in [0.05, 0.1) is 34.6 Å². The number of nitrogens with one attached hydrogen (secondary N) is 1. The second kappa shape index (κ2) is 12.4. The first-order valence-electron chi connectivity index (χ1n) is 12.6. The van der Waals surface area contributed by atoms with Crippen LogP contribution in [0.25, 0.3) is 21.3 Å². The number of rotatable bonds is 11. The summed E-state index contributed by atoms with van der Waals surface area (Å²) in [7, 11) is 1.73. The van der Waals surface area contributed by atoms with Crippen LogP contribution in [0.5, 0.6) is 0 Å². The molecule has 0 saturated heterocycles. The SMILES string of the molecule is Cn1cc(C(=O)N(CNCCC(O)CSc2nc3ccc(N)cc3s2)Cc2ccc(Cl)cc2)c(=O)c2ccoc21. The van der Waals surface area contributed by atoms with Crippen molar-refractivity contribution >= 4 is 67.6 Å². The smallest absolute Gasteiger partial charge is 0.260 e. The van der Waals surface area contributed by atoms with Crippen LogP contribution in [-0.2, 0) is 13.6 Å². The molecule has 9 nitrogen and oxygen atoms in total. The number of aliphatic hydroxyl groups is 1. The first-order valence-corrected chi connectivity index (χ1v) is 14.7. The number of carbonyl (C=O) groups excluding carboxylic acids is 1. The minimum absolute atomic E-state index is 0.0567. The number of anilines is 1. The number of furan rings is 1. The Balaban J connectivity index is 1.21. The highest BCUT2D eigenvalue weighted by Gasteiger charge is 2.22. The zero-order valence-corrected chi connectivity index (χ0v) is 24.1. The van der Waals surface area contributed by atoms with Crippen LogP contribution in [-0.4, -0.2) is 50.5 Å². The van der Waals surface area contributed by atoms with Crippen LogP contribution in [0.4, 0.5) is 5.69 Å². The van der Waals surface area contributed by atoms with Gasteiger partial charge in [0.1, 0.15) is 5.56 Å². The van der Waals surface area contributed by atoms with Gasteiger partial charge in [-0.15, -0.1) is 11.3 Å². The molecule has 4 N–H and O–H groups in total. The number of carbonyl (C=O) groups is 1. The largest absolute Gasteiger partial charge is 0.448 e. The van der Waals surface area contributed by atoms with E-state index in [1.165, 1.54) is 24.2 Å². The molecule has 1 atom stereocenters. The van der Waals surface area contributed by atoms with Crippen molar-refractivity contribution < 1.29 is 14.3 Å². The molecule has 0 aliphatic carbocycles. The maximum absolute atomic E-state index is 13.6. The van der Waals surface area contributed by atoms with Crippen molar-refractivity contribution in [3.63, 3.8) is 0 Å². The standard InChI is InChI=1S/C28H28ClN5O4S2/c1-33-14-22(25(36)21-9-11-38-27(21)33)26(37)34(13-17-2-4-18(29)5-3-17)16-31-10-8-20(35)15-39-28-32-23-7-6-19(30)12-24(23)40-28/h2-7,9,11-12,14,20,31,35H,8,10,13,15-16,30H2,1H3. The van der Waals surface area contributed by atoms with Crippen LogP contribution in [0.2, 0.25) is 5.02 Å². The van der Waals surface area contributed by atoms with Gasteiger partial charge in [0, 0.05) is 36.3 Å². The lowest BCUT2D eigenvalue weighted by atomic mass is 10.1. The molecule has 0 saturated carbocycles. The van der Waals surface area contributed by atoms with E-state index in [1.807, 2.05) is 30.3 Å². The summed E-state index contributed by atoms with van der Waals surface area (Å²) in [5.41, 5.74) is 8.40. The lowest BCUT2D eigenvalue weighted by Crippen LogP contribution is -2.41. The first kappa shape index (κ1) is 28.2. The number of amides is 1. The number of aliphatic hydroxyl groups excluding tert-OH is 1. The van der Waals surface area contributed by atoms with E-state index in [2.05, 4.69) is 10.3 Å². The number of hydrogen-bond acceptors (Lipinski definition) is 9. The zero-order valence-electron chi connectivity index (χ0n) is 21.7. The van der Waals surface area contributed by atoms with E-state index < -0.39 is 12.0 Å². The Morgan fingerprint density at radius 3 is 2.88 bits per heavy atom. The maximum Gasteiger partial charge on any atom is 0.260 e. The lowest BCUT2D eigenvalue weighted by molar-refractivity contribution is 0.0725. The van der Waals surface area contributed by atoms with Gasteiger partial charge in [0.2, 0.25) is 11.1 Å². The number of fused-ring (bicyclic) bond motifs is 2. The minimum atomic E-state index is -0.564. The van der Waals surface area contributed by atoms with Gasteiger partial charge >= 0.3 is 0 Å². The number of nitrogens with zero attached hydrogens (tertiary/aromatic N) is 3. The number of hydrogen-bond donors (Lipinski definition) is 3. The summed E-state index contributed by atoms with van der Waals surface area (Å²) in [6.07, 6.45) is 2.86. The molecule has 5 rings (SSSR count). The quantitative estimate of drug-likeness (QED) is 0.0865. The Bertz CT molecular complexity index is 1700. The van der Waals surface area contributed by atoms with Crippen molar-refractivity contribution in [3.05, 3.63) is 87.4 Å². The molecule has 0 radical (unpaired) electrons. The molecule has 1 amide bonds. The average Bonchev–Trinajstić information content (AvgIpc) is 3.59. The molecule has 5 aromatic rings. The third-order valence-electron chi connectivity index (χ3n) is 6.33. The molecule has 2 aromatic carbocycles. The minimum Gasteiger partial charge on any atom is -0.448 e. The molecule has 1 unspecified atom stereocenters. The van der Waals surface area contributed by atoms with Crippen LogP contribution in [0.3, 0.4) is 0 Å². The number of nitrogen functional groups attached to an aromatic ring is 1. The molecule has 0 aliphatic heterocycles. The lowest BCUT2D eigenvalue weighted by Gasteiger charge is -2.24. The third kappa shape index (κ3) is 6.51. The number of benzene rings is 2. The normalized spacial score (nSPS) is 12.3. The monoisotopic (exact) mass is 597 g/mol. The number of thiazole rings is 1. The van der Waals surface area contributed by atoms with E-state index in [-0.39, 0.29) is 24.2 Å². The van der Waals surface area contributed by atoms with Crippen molar-refractivity contribution in [1.29, 1.82) is 0 Å². The van der Waals surface area contributed by atoms with Crippen molar-refractivity contribution in [2.75, 3.05) is 24.7 Å². The summed E-state index contributed by atoms with van der Waals surface area (Å²) in [5.74, 6) is 0.0873. The fourth-order valence-electron chi connectivity index (χ4n) is 4.25. The highest BCUT2D eigenvalue weighted by atomic mass is 35.5. The molecule has 0 bridgehead atoms. The van der Waals surface area contributed by atoms with Crippen LogP contribution in [0, 0.1) is 0 Å². The van der Waals surface area contributed by atoms with Gasteiger partial charge < -0.3 is 24.7 Å². The van der Waals surface area contributed by atoms with E-state index in [0.29, 0.717) is 40.5 Å². The van der Waals surface area contributed by atoms with Crippen LogP contribution in [0.15, 0.2) is 74.5 Å². The first-order chi connectivity index (χ1) is 19.3. The van der Waals surface area contributed by atoms with E-state index in [4.69, 9.17) is 21.8 Å².